The number of carbonyl (C=O) groups excluding carboxylic acids is 2. The number of hydrogen-bond donors (Lipinski definition) is 5. The maximum absolute atomic E-state index is 12.9. The van der Waals surface area contributed by atoms with Gasteiger partial charge in [0.2, 0.25) is 0 Å². The van der Waals surface area contributed by atoms with E-state index in [1.807, 2.05) is 24.3 Å². The van der Waals surface area contributed by atoms with Crippen molar-refractivity contribution in [3.63, 3.8) is 0 Å². The molecular weight excluding hydrogens is 985 g/mol. The molecule has 2 saturated heterocycles. The first kappa shape index (κ1) is 63.2. The first-order valence-electron chi connectivity index (χ1n) is 25.7. The van der Waals surface area contributed by atoms with Crippen molar-refractivity contribution >= 4 is 33.4 Å². The fraction of sp³-hybridized carbons (Fsp3) is 0.615. The molecule has 73 heavy (non-hydrogen) atoms. The van der Waals surface area contributed by atoms with Gasteiger partial charge in [-0.1, -0.05) is 131 Å². The first-order chi connectivity index (χ1) is 35.1. The van der Waals surface area contributed by atoms with Gasteiger partial charge in [0.15, 0.2) is 12.3 Å². The van der Waals surface area contributed by atoms with Crippen LogP contribution in [0.2, 0.25) is 0 Å². The normalized spacial score (nSPS) is 22.4. The Balaban J connectivity index is 1.43. The van der Waals surface area contributed by atoms with E-state index in [0.29, 0.717) is 37.9 Å². The monoisotopic (exact) mass is 1070 g/mol. The van der Waals surface area contributed by atoms with Crippen LogP contribution in [0.15, 0.2) is 102 Å². The van der Waals surface area contributed by atoms with Crippen LogP contribution in [0.5, 0.6) is 0 Å². The summed E-state index contributed by atoms with van der Waals surface area (Å²) in [5, 5.41) is 20.9. The van der Waals surface area contributed by atoms with Crippen LogP contribution in [0.1, 0.15) is 148 Å². The molecule has 3 rings (SSSR count). The van der Waals surface area contributed by atoms with E-state index in [4.69, 9.17) is 33.7 Å². The Kier molecular flexibility index (Phi) is 31.8. The number of phosphoric ester groups is 2. The van der Waals surface area contributed by atoms with Crippen LogP contribution >= 0.6 is 15.6 Å². The van der Waals surface area contributed by atoms with Gasteiger partial charge in [-0.2, -0.15) is 9.29 Å². The zero-order valence-electron chi connectivity index (χ0n) is 42.6. The van der Waals surface area contributed by atoms with Gasteiger partial charge in [-0.15, -0.1) is 0 Å². The minimum Gasteiger partial charge on any atom is -0.462 e. The number of unbranched alkanes of at least 4 members (excludes halogenated alkanes) is 7. The van der Waals surface area contributed by atoms with Crippen molar-refractivity contribution in [1.29, 1.82) is 0 Å². The molecular formula is C52H81N3O16P2. The number of nitrogen functional groups attached to an aromatic ring is 1. The summed E-state index contributed by atoms with van der Waals surface area (Å²) in [7, 11) is -10.9. The topological polar surface area (TPSA) is 278 Å². The molecule has 0 radical (unpaired) electrons. The van der Waals surface area contributed by atoms with Crippen molar-refractivity contribution in [2.75, 3.05) is 25.6 Å². The number of hydrogen-bond acceptors (Lipinski definition) is 16. The molecule has 19 nitrogen and oxygen atoms in total. The molecule has 2 aliphatic heterocycles. The maximum atomic E-state index is 12.9. The van der Waals surface area contributed by atoms with Crippen molar-refractivity contribution in [3.05, 3.63) is 108 Å². The molecule has 0 aromatic carbocycles. The van der Waals surface area contributed by atoms with Crippen LogP contribution < -0.4 is 11.4 Å². The van der Waals surface area contributed by atoms with Gasteiger partial charge in [0, 0.05) is 19.0 Å². The van der Waals surface area contributed by atoms with Gasteiger partial charge in [0.05, 0.1) is 25.4 Å². The molecule has 0 spiro atoms. The first-order valence-corrected chi connectivity index (χ1v) is 28.7. The fourth-order valence-corrected chi connectivity index (χ4v) is 9.38. The zero-order valence-corrected chi connectivity index (χ0v) is 44.4. The lowest BCUT2D eigenvalue weighted by molar-refractivity contribution is -0.161. The largest absolute Gasteiger partial charge is 0.481 e. The summed E-state index contributed by atoms with van der Waals surface area (Å²) in [6.07, 6.45) is 40.0. The van der Waals surface area contributed by atoms with E-state index in [2.05, 4.69) is 83.9 Å². The number of nitrogens with zero attached hydrogens (tertiary/aromatic N) is 2. The Morgan fingerprint density at radius 2 is 1.22 bits per heavy atom. The third-order valence-electron chi connectivity index (χ3n) is 11.4. The Bertz CT molecular complexity index is 2120. The second-order valence-electron chi connectivity index (χ2n) is 17.7. The predicted octanol–water partition coefficient (Wildman–Crippen LogP) is 9.65. The smallest absolute Gasteiger partial charge is 0.462 e. The number of rotatable bonds is 40. The molecule has 9 atom stereocenters. The summed E-state index contributed by atoms with van der Waals surface area (Å²) >= 11 is 0. The highest BCUT2D eigenvalue weighted by molar-refractivity contribution is 7.61. The number of esters is 2. The van der Waals surface area contributed by atoms with E-state index in [9.17, 15) is 43.5 Å². The van der Waals surface area contributed by atoms with E-state index in [1.165, 1.54) is 44.6 Å². The lowest BCUT2D eigenvalue weighted by Crippen LogP contribution is -2.36. The highest BCUT2D eigenvalue weighted by Crippen LogP contribution is 2.60. The molecule has 0 bridgehead atoms. The number of aliphatic hydroxyl groups excluding tert-OH is 2. The number of allylic oxidation sites excluding steroid dienone is 13. The summed E-state index contributed by atoms with van der Waals surface area (Å²) in [6, 6.07) is 1.24. The minimum atomic E-state index is -5.45. The maximum Gasteiger partial charge on any atom is 0.481 e. The van der Waals surface area contributed by atoms with Gasteiger partial charge in [-0.3, -0.25) is 23.2 Å². The highest BCUT2D eigenvalue weighted by atomic mass is 31.3. The summed E-state index contributed by atoms with van der Waals surface area (Å²) < 4.78 is 62.4. The van der Waals surface area contributed by atoms with Gasteiger partial charge in [0.25, 0.3) is 0 Å². The summed E-state index contributed by atoms with van der Waals surface area (Å²) in [4.78, 5) is 61.9. The van der Waals surface area contributed by atoms with E-state index in [1.54, 1.807) is 0 Å². The van der Waals surface area contributed by atoms with Gasteiger partial charge in [0.1, 0.15) is 30.7 Å². The number of nitrogens with two attached hydrogens (primary N) is 1. The fourth-order valence-electron chi connectivity index (χ4n) is 7.27. The molecule has 1 aromatic rings. The van der Waals surface area contributed by atoms with Crippen molar-refractivity contribution < 1.29 is 71.0 Å². The number of epoxide rings is 1. The molecule has 3 heterocycles. The SMILES string of the molecule is CCCCC/C=C\C/C=C\C/C=C\C/C=C\CCCC(=O)O[C@H](COC(=O)CCC/C=C\C/C=C\C/C=C\CC1OC1CCCCC)COP(=O)(O)OP(=O)(O)OC[C@H]1O[C@@H](n2ccc(N)nc2=O)[C@H](O)[C@@H]1O. The number of phosphoric acid groups is 2. The number of anilines is 1. The third-order valence-corrected chi connectivity index (χ3v) is 14.0. The molecule has 6 N–H and O–H groups in total. The molecule has 4 unspecified atom stereocenters. The summed E-state index contributed by atoms with van der Waals surface area (Å²) in [5.41, 5.74) is 4.58. The average molecular weight is 1070 g/mol. The Labute approximate surface area is 431 Å². The van der Waals surface area contributed by atoms with Gasteiger partial charge in [-0.25, -0.2) is 13.9 Å². The average Bonchev–Trinajstić information content (AvgIpc) is 4.04. The van der Waals surface area contributed by atoms with Gasteiger partial charge in [-0.05, 0) is 89.5 Å². The van der Waals surface area contributed by atoms with Crippen molar-refractivity contribution in [1.82, 2.24) is 9.55 Å². The predicted molar refractivity (Wildman–Crippen MR) is 279 cm³/mol. The number of aromatic nitrogens is 2. The number of carbonyl (C=O) groups is 2. The lowest BCUT2D eigenvalue weighted by Gasteiger charge is -2.21. The molecule has 21 heteroatoms. The van der Waals surface area contributed by atoms with Crippen LogP contribution in [0.25, 0.3) is 0 Å². The van der Waals surface area contributed by atoms with Crippen LogP contribution in [-0.4, -0.2) is 97.9 Å². The Morgan fingerprint density at radius 3 is 1.81 bits per heavy atom. The summed E-state index contributed by atoms with van der Waals surface area (Å²) in [5.74, 6) is -1.45. The highest BCUT2D eigenvalue weighted by Gasteiger charge is 2.46. The molecule has 410 valence electrons. The summed E-state index contributed by atoms with van der Waals surface area (Å²) in [6.45, 7) is 1.97. The van der Waals surface area contributed by atoms with Crippen molar-refractivity contribution in [2.24, 2.45) is 0 Å². The van der Waals surface area contributed by atoms with Gasteiger partial charge >= 0.3 is 33.3 Å². The number of ether oxygens (including phenoxy) is 4. The molecule has 2 aliphatic rings. The van der Waals surface area contributed by atoms with Crippen molar-refractivity contribution in [2.45, 2.75) is 185 Å². The second-order valence-corrected chi connectivity index (χ2v) is 20.7. The van der Waals surface area contributed by atoms with Crippen molar-refractivity contribution in [3.8, 4) is 0 Å². The molecule has 0 aliphatic carbocycles. The standard InChI is InChI=1S/C52H81N3O16P2/c1-3-5-7-8-9-10-11-12-13-14-15-16-17-22-25-28-32-36-48(57)68-42(39-65-47(56)35-31-27-24-21-19-18-20-23-26-30-34-44-43(69-44)33-29-6-4-2)40-66-72(61,62)71-73(63,64)67-41-45-49(58)50(59)51(70-45)55-38-37-46(53)54-52(55)60/h9-10,12-13,15-16,18,20-22,24-26,30,37-38,42-45,49-51,58-59H,3-8,11,14,17,19,23,27-29,31-36,39-41H2,1-2H3,(H,61,62)(H,63,64)(H2,53,54,60)/b10-9-,13-12-,16-15-,20-18-,24-21-,25-22-,30-26-/t42-,43?,44?,45-,49-,50-,51-/m1/s1. The van der Waals surface area contributed by atoms with E-state index >= 15 is 0 Å². The van der Waals surface area contributed by atoms with Crippen LogP contribution in [0.3, 0.4) is 0 Å². The van der Waals surface area contributed by atoms with Crippen LogP contribution in [0, 0.1) is 0 Å². The van der Waals surface area contributed by atoms with Crippen LogP contribution in [-0.2, 0) is 51.0 Å². The zero-order chi connectivity index (χ0) is 53.2. The van der Waals surface area contributed by atoms with Gasteiger partial charge < -0.3 is 44.7 Å². The lowest BCUT2D eigenvalue weighted by atomic mass is 10.1. The second kappa shape index (κ2) is 36.8. The minimum absolute atomic E-state index is 0.0309. The van der Waals surface area contributed by atoms with E-state index in [0.717, 1.165) is 62.1 Å². The molecule has 2 fully saturated rings. The molecule has 0 amide bonds. The van der Waals surface area contributed by atoms with E-state index in [-0.39, 0.29) is 18.7 Å². The third kappa shape index (κ3) is 29.0. The molecule has 1 aromatic heterocycles. The Morgan fingerprint density at radius 1 is 0.685 bits per heavy atom. The van der Waals surface area contributed by atoms with Crippen LogP contribution in [0.4, 0.5) is 5.82 Å². The quantitative estimate of drug-likeness (QED) is 0.0134. The Hall–Kier alpha value is -4.10. The van der Waals surface area contributed by atoms with E-state index < -0.39 is 83.7 Å². The molecule has 0 saturated carbocycles. The number of aliphatic hydroxyl groups is 2.